The fourth-order valence-corrected chi connectivity index (χ4v) is 0.972. The van der Waals surface area contributed by atoms with Gasteiger partial charge in [-0.1, -0.05) is 12.1 Å². The molecule has 76 valence electrons. The minimum Gasteiger partial charge on any atom is -0.465 e. The van der Waals surface area contributed by atoms with Gasteiger partial charge < -0.3 is 4.74 Å². The number of carbonyl (C=O) groups is 1. The maximum Gasteiger partial charge on any atom is 0.348 e. The molecule has 1 aromatic carbocycles. The Hall–Kier alpha value is -2.15. The molecule has 0 aliphatic carbocycles. The van der Waals surface area contributed by atoms with Gasteiger partial charge in [0.25, 0.3) is 0 Å². The summed E-state index contributed by atoms with van der Waals surface area (Å²) in [6.07, 6.45) is 1.34. The molecule has 0 saturated heterocycles. The lowest BCUT2D eigenvalue weighted by Crippen LogP contribution is -2.02. The van der Waals surface area contributed by atoms with Crippen molar-refractivity contribution in [1.29, 1.82) is 5.26 Å². The van der Waals surface area contributed by atoms with Crippen LogP contribution in [0.4, 0.5) is 4.39 Å². The number of nitriles is 1. The maximum absolute atomic E-state index is 12.6. The number of nitrogens with zero attached hydrogens (tertiary/aromatic N) is 1. The second kappa shape index (κ2) is 4.91. The van der Waals surface area contributed by atoms with Gasteiger partial charge in [-0.3, -0.25) is 0 Å². The molecule has 3 nitrogen and oxygen atoms in total. The van der Waals surface area contributed by atoms with E-state index in [0.29, 0.717) is 5.56 Å². The SMILES string of the molecule is COC(=O)/C(C#N)=C/c1ccc(F)cc1. The van der Waals surface area contributed by atoms with Crippen molar-refractivity contribution < 1.29 is 13.9 Å². The van der Waals surface area contributed by atoms with Gasteiger partial charge >= 0.3 is 5.97 Å². The molecule has 1 aromatic rings. The number of carbonyl (C=O) groups excluding carboxylic acids is 1. The predicted octanol–water partition coefficient (Wildman–Crippen LogP) is 1.91. The van der Waals surface area contributed by atoms with Gasteiger partial charge in [0, 0.05) is 0 Å². The molecule has 0 unspecified atom stereocenters. The highest BCUT2D eigenvalue weighted by Gasteiger charge is 2.07. The number of benzene rings is 1. The minimum atomic E-state index is -0.707. The lowest BCUT2D eigenvalue weighted by molar-refractivity contribution is -0.135. The average Bonchev–Trinajstić information content (AvgIpc) is 2.27. The number of rotatable bonds is 2. The summed E-state index contributed by atoms with van der Waals surface area (Å²) in [6.45, 7) is 0. The molecule has 15 heavy (non-hydrogen) atoms. The van der Waals surface area contributed by atoms with E-state index in [1.54, 1.807) is 6.07 Å². The molecule has 0 fully saturated rings. The zero-order valence-corrected chi connectivity index (χ0v) is 8.03. The van der Waals surface area contributed by atoms with Crippen LogP contribution in [0, 0.1) is 17.1 Å². The van der Waals surface area contributed by atoms with Crippen molar-refractivity contribution in [2.24, 2.45) is 0 Å². The van der Waals surface area contributed by atoms with E-state index in [4.69, 9.17) is 5.26 Å². The van der Waals surface area contributed by atoms with Crippen LogP contribution in [-0.4, -0.2) is 13.1 Å². The Balaban J connectivity index is 3.00. The van der Waals surface area contributed by atoms with Crippen molar-refractivity contribution >= 4 is 12.0 Å². The Labute approximate surface area is 86.4 Å². The number of methoxy groups -OCH3 is 1. The van der Waals surface area contributed by atoms with Crippen molar-refractivity contribution in [2.45, 2.75) is 0 Å². The molecular weight excluding hydrogens is 197 g/mol. The lowest BCUT2D eigenvalue weighted by atomic mass is 10.1. The molecule has 0 atom stereocenters. The van der Waals surface area contributed by atoms with Crippen LogP contribution in [0.2, 0.25) is 0 Å². The third-order valence-corrected chi connectivity index (χ3v) is 1.71. The molecule has 0 spiro atoms. The van der Waals surface area contributed by atoms with E-state index >= 15 is 0 Å². The van der Waals surface area contributed by atoms with Crippen LogP contribution in [0.5, 0.6) is 0 Å². The molecule has 0 amide bonds. The summed E-state index contributed by atoms with van der Waals surface area (Å²) in [5.41, 5.74) is 0.447. The predicted molar refractivity (Wildman–Crippen MR) is 52.0 cm³/mol. The molecule has 0 radical (unpaired) electrons. The van der Waals surface area contributed by atoms with Crippen LogP contribution in [0.3, 0.4) is 0 Å². The van der Waals surface area contributed by atoms with Crippen molar-refractivity contribution in [2.75, 3.05) is 7.11 Å². The van der Waals surface area contributed by atoms with Gasteiger partial charge in [0.15, 0.2) is 0 Å². The van der Waals surface area contributed by atoms with Crippen LogP contribution >= 0.6 is 0 Å². The summed E-state index contributed by atoms with van der Waals surface area (Å²) >= 11 is 0. The van der Waals surface area contributed by atoms with E-state index in [-0.39, 0.29) is 11.4 Å². The third kappa shape index (κ3) is 2.92. The molecule has 0 aromatic heterocycles. The quantitative estimate of drug-likeness (QED) is 0.421. The summed E-state index contributed by atoms with van der Waals surface area (Å²) in [4.78, 5) is 11.0. The van der Waals surface area contributed by atoms with Crippen LogP contribution in [0.25, 0.3) is 6.08 Å². The number of hydrogen-bond donors (Lipinski definition) is 0. The smallest absolute Gasteiger partial charge is 0.348 e. The first kappa shape index (κ1) is 10.9. The highest BCUT2D eigenvalue weighted by atomic mass is 19.1. The fourth-order valence-electron chi connectivity index (χ4n) is 0.972. The maximum atomic E-state index is 12.6. The van der Waals surface area contributed by atoms with Crippen molar-refractivity contribution in [3.8, 4) is 6.07 Å². The van der Waals surface area contributed by atoms with E-state index in [1.807, 2.05) is 0 Å². The Morgan fingerprint density at radius 1 is 1.47 bits per heavy atom. The van der Waals surface area contributed by atoms with E-state index in [0.717, 1.165) is 0 Å². The summed E-state index contributed by atoms with van der Waals surface area (Å²) < 4.78 is 16.9. The Morgan fingerprint density at radius 3 is 2.53 bits per heavy atom. The summed E-state index contributed by atoms with van der Waals surface area (Å²) in [7, 11) is 1.19. The Bertz CT molecular complexity index is 429. The number of hydrogen-bond acceptors (Lipinski definition) is 3. The highest BCUT2D eigenvalue weighted by molar-refractivity contribution is 5.97. The van der Waals surface area contributed by atoms with Crippen molar-refractivity contribution in [3.05, 3.63) is 41.2 Å². The summed E-state index contributed by atoms with van der Waals surface area (Å²) in [5, 5.41) is 8.65. The van der Waals surface area contributed by atoms with E-state index in [2.05, 4.69) is 4.74 Å². The number of ether oxygens (including phenoxy) is 1. The molecule has 0 aliphatic rings. The largest absolute Gasteiger partial charge is 0.465 e. The summed E-state index contributed by atoms with van der Waals surface area (Å²) in [5.74, 6) is -1.08. The molecule has 0 saturated carbocycles. The third-order valence-electron chi connectivity index (χ3n) is 1.71. The first-order valence-electron chi connectivity index (χ1n) is 4.13. The zero-order valence-electron chi connectivity index (χ0n) is 8.03. The number of halogens is 1. The van der Waals surface area contributed by atoms with Crippen LogP contribution in [0.1, 0.15) is 5.56 Å². The van der Waals surface area contributed by atoms with Gasteiger partial charge in [0.05, 0.1) is 7.11 Å². The Morgan fingerprint density at radius 2 is 2.07 bits per heavy atom. The Kier molecular flexibility index (Phi) is 3.58. The first-order chi connectivity index (χ1) is 7.17. The first-order valence-corrected chi connectivity index (χ1v) is 4.13. The van der Waals surface area contributed by atoms with Crippen molar-refractivity contribution in [3.63, 3.8) is 0 Å². The van der Waals surface area contributed by atoms with Crippen molar-refractivity contribution in [1.82, 2.24) is 0 Å². The molecule has 0 aliphatic heterocycles. The topological polar surface area (TPSA) is 50.1 Å². The van der Waals surface area contributed by atoms with Gasteiger partial charge in [0.1, 0.15) is 17.5 Å². The van der Waals surface area contributed by atoms with Crippen LogP contribution < -0.4 is 0 Å². The summed E-state index contributed by atoms with van der Waals surface area (Å²) in [6, 6.07) is 7.14. The number of esters is 1. The monoisotopic (exact) mass is 205 g/mol. The van der Waals surface area contributed by atoms with Gasteiger partial charge in [-0.2, -0.15) is 5.26 Å². The molecule has 4 heteroatoms. The van der Waals surface area contributed by atoms with E-state index in [1.165, 1.54) is 37.5 Å². The lowest BCUT2D eigenvalue weighted by Gasteiger charge is -1.96. The van der Waals surface area contributed by atoms with Gasteiger partial charge in [-0.25, -0.2) is 9.18 Å². The standard InChI is InChI=1S/C11H8FNO2/c1-15-11(14)9(7-13)6-8-2-4-10(12)5-3-8/h2-6H,1H3/b9-6+. The second-order valence-electron chi connectivity index (χ2n) is 2.71. The van der Waals surface area contributed by atoms with Gasteiger partial charge in [-0.15, -0.1) is 0 Å². The van der Waals surface area contributed by atoms with E-state index in [9.17, 15) is 9.18 Å². The average molecular weight is 205 g/mol. The molecule has 1 rings (SSSR count). The fraction of sp³-hybridized carbons (Fsp3) is 0.0909. The van der Waals surface area contributed by atoms with Crippen LogP contribution in [-0.2, 0) is 9.53 Å². The normalized spacial score (nSPS) is 10.6. The van der Waals surface area contributed by atoms with Crippen LogP contribution in [0.15, 0.2) is 29.8 Å². The van der Waals surface area contributed by atoms with Gasteiger partial charge in [0.2, 0.25) is 0 Å². The van der Waals surface area contributed by atoms with E-state index < -0.39 is 5.97 Å². The molecule has 0 bridgehead atoms. The molecular formula is C11H8FNO2. The minimum absolute atomic E-state index is 0.121. The molecule has 0 N–H and O–H groups in total. The molecule has 0 heterocycles. The van der Waals surface area contributed by atoms with Gasteiger partial charge in [-0.05, 0) is 23.8 Å². The zero-order chi connectivity index (χ0) is 11.3. The second-order valence-corrected chi connectivity index (χ2v) is 2.71. The highest BCUT2D eigenvalue weighted by Crippen LogP contribution is 2.08.